The summed E-state index contributed by atoms with van der Waals surface area (Å²) in [6.45, 7) is 5.71. The number of nitrogens with two attached hydrogens (primary N) is 1. The van der Waals surface area contributed by atoms with Crippen molar-refractivity contribution in [1.29, 1.82) is 0 Å². The average molecular weight is 504 g/mol. The fraction of sp³-hybridized carbons (Fsp3) is 0.174. The molecule has 0 saturated carbocycles. The Bertz CT molecular complexity index is 876. The number of Topliss-reactive ketones (excluding diaryl/α,β-unsaturated/α-hetero) is 1. The summed E-state index contributed by atoms with van der Waals surface area (Å²) < 4.78 is 1.48. The molecule has 3 nitrogen and oxygen atoms in total. The Morgan fingerprint density at radius 1 is 0.929 bits per heavy atom. The minimum atomic E-state index is 0.0244. The van der Waals surface area contributed by atoms with Crippen LogP contribution in [0, 0.1) is 0 Å². The molecule has 0 amide bonds. The van der Waals surface area contributed by atoms with Crippen LogP contribution in [-0.4, -0.2) is 12.3 Å². The highest BCUT2D eigenvalue weighted by Crippen LogP contribution is 2.29. The van der Waals surface area contributed by atoms with Gasteiger partial charge in [-0.1, -0.05) is 48.5 Å². The first-order valence-corrected chi connectivity index (χ1v) is 10.6. The number of nitrogens with zero attached hydrogens (tertiary/aromatic N) is 1. The largest absolute Gasteiger partial charge is 0.397 e. The van der Waals surface area contributed by atoms with Crippen LogP contribution in [0.2, 0.25) is 0 Å². The lowest BCUT2D eigenvalue weighted by atomic mass is 10.1. The maximum Gasteiger partial charge on any atom is 0.159 e. The highest BCUT2D eigenvalue weighted by atomic mass is 79.9. The molecule has 0 saturated heterocycles. The number of carbonyl (C=O) groups excluding carboxylic acids is 1. The molecule has 0 heterocycles. The Kier molecular flexibility index (Phi) is 8.74. The lowest BCUT2D eigenvalue weighted by molar-refractivity contribution is 0.101. The molecule has 146 valence electrons. The first kappa shape index (κ1) is 22.2. The monoisotopic (exact) mass is 502 g/mol. The lowest BCUT2D eigenvalue weighted by Crippen LogP contribution is -2.21. The molecule has 0 aliphatic rings. The molecule has 0 unspecified atom stereocenters. The van der Waals surface area contributed by atoms with E-state index in [1.54, 1.807) is 12.1 Å². The van der Waals surface area contributed by atoms with Crippen LogP contribution >= 0.6 is 31.9 Å². The van der Waals surface area contributed by atoms with Gasteiger partial charge < -0.3 is 10.6 Å². The number of hydrogen-bond acceptors (Lipinski definition) is 3. The Balaban J connectivity index is 0.000000209. The number of anilines is 2. The number of para-hydroxylation sites is 1. The van der Waals surface area contributed by atoms with Crippen LogP contribution in [-0.2, 0) is 6.54 Å². The number of rotatable bonds is 5. The second-order valence-electron chi connectivity index (χ2n) is 6.25. The van der Waals surface area contributed by atoms with E-state index in [0.717, 1.165) is 22.0 Å². The predicted octanol–water partition coefficient (Wildman–Crippen LogP) is 6.71. The van der Waals surface area contributed by atoms with Gasteiger partial charge in [-0.05, 0) is 75.5 Å². The van der Waals surface area contributed by atoms with Gasteiger partial charge in [0, 0.05) is 33.3 Å². The summed E-state index contributed by atoms with van der Waals surface area (Å²) in [5.74, 6) is 0.0244. The summed E-state index contributed by atoms with van der Waals surface area (Å²) in [7, 11) is 0. The second kappa shape index (κ2) is 11.0. The van der Waals surface area contributed by atoms with Crippen molar-refractivity contribution in [3.63, 3.8) is 0 Å². The molecular weight excluding hydrogens is 480 g/mol. The first-order chi connectivity index (χ1) is 13.4. The molecule has 2 N–H and O–H groups in total. The number of halogens is 2. The van der Waals surface area contributed by atoms with Crippen molar-refractivity contribution in [3.8, 4) is 0 Å². The molecule has 5 heteroatoms. The highest BCUT2D eigenvalue weighted by molar-refractivity contribution is 9.11. The van der Waals surface area contributed by atoms with E-state index in [0.29, 0.717) is 11.3 Å². The summed E-state index contributed by atoms with van der Waals surface area (Å²) in [5, 5.41) is 0. The van der Waals surface area contributed by atoms with Crippen LogP contribution in [0.25, 0.3) is 0 Å². The van der Waals surface area contributed by atoms with E-state index in [1.807, 2.05) is 0 Å². The zero-order valence-corrected chi connectivity index (χ0v) is 19.2. The van der Waals surface area contributed by atoms with Crippen molar-refractivity contribution in [3.05, 3.63) is 92.9 Å². The zero-order valence-electron chi connectivity index (χ0n) is 16.0. The van der Waals surface area contributed by atoms with Crippen molar-refractivity contribution < 1.29 is 4.79 Å². The van der Waals surface area contributed by atoms with Gasteiger partial charge in [0.05, 0.1) is 5.69 Å². The summed E-state index contributed by atoms with van der Waals surface area (Å²) in [5.41, 5.74) is 9.54. The molecule has 0 aliphatic carbocycles. The van der Waals surface area contributed by atoms with E-state index >= 15 is 0 Å². The summed E-state index contributed by atoms with van der Waals surface area (Å²) in [6, 6.07) is 24.6. The molecular formula is C23H24Br2N2O. The van der Waals surface area contributed by atoms with Crippen LogP contribution in [0.1, 0.15) is 29.8 Å². The van der Waals surface area contributed by atoms with Gasteiger partial charge in [-0.2, -0.15) is 0 Å². The van der Waals surface area contributed by atoms with E-state index in [9.17, 15) is 4.79 Å². The van der Waals surface area contributed by atoms with Crippen LogP contribution in [0.5, 0.6) is 0 Å². The Morgan fingerprint density at radius 3 is 1.89 bits per heavy atom. The molecule has 28 heavy (non-hydrogen) atoms. The Hall–Kier alpha value is -2.11. The molecule has 0 bridgehead atoms. The Morgan fingerprint density at radius 2 is 1.43 bits per heavy atom. The molecule has 3 aromatic rings. The van der Waals surface area contributed by atoms with Gasteiger partial charge in [-0.15, -0.1) is 0 Å². The number of ketones is 1. The number of carbonyl (C=O) groups is 1. The molecule has 0 aliphatic heterocycles. The van der Waals surface area contributed by atoms with Gasteiger partial charge in [0.15, 0.2) is 5.78 Å². The van der Waals surface area contributed by atoms with Crippen LogP contribution in [0.15, 0.2) is 81.7 Å². The molecule has 3 rings (SSSR count). The third-order valence-corrected chi connectivity index (χ3v) is 5.52. The van der Waals surface area contributed by atoms with Crippen molar-refractivity contribution in [2.24, 2.45) is 0 Å². The topological polar surface area (TPSA) is 46.3 Å². The van der Waals surface area contributed by atoms with Crippen molar-refractivity contribution in [2.45, 2.75) is 20.4 Å². The molecule has 0 spiro atoms. The predicted molar refractivity (Wildman–Crippen MR) is 126 cm³/mol. The number of hydrogen-bond donors (Lipinski definition) is 1. The molecule has 0 radical (unpaired) electrons. The average Bonchev–Trinajstić information content (AvgIpc) is 2.71. The number of benzene rings is 3. The fourth-order valence-corrected chi connectivity index (χ4v) is 3.80. The third-order valence-electron chi connectivity index (χ3n) is 4.20. The summed E-state index contributed by atoms with van der Waals surface area (Å²) in [6.07, 6.45) is 0. The van der Waals surface area contributed by atoms with Crippen LogP contribution < -0.4 is 10.6 Å². The van der Waals surface area contributed by atoms with Crippen LogP contribution in [0.4, 0.5) is 11.4 Å². The van der Waals surface area contributed by atoms with Gasteiger partial charge in [-0.25, -0.2) is 0 Å². The Labute approximate surface area is 183 Å². The third kappa shape index (κ3) is 6.50. The minimum absolute atomic E-state index is 0.0244. The van der Waals surface area contributed by atoms with Gasteiger partial charge in [0.1, 0.15) is 0 Å². The van der Waals surface area contributed by atoms with Crippen LogP contribution in [0.3, 0.4) is 0 Å². The van der Waals surface area contributed by atoms with E-state index in [4.69, 9.17) is 5.73 Å². The maximum absolute atomic E-state index is 11.0. The molecule has 3 aromatic carbocycles. The first-order valence-electron chi connectivity index (χ1n) is 9.01. The maximum atomic E-state index is 11.0. The SMILES string of the molecule is CC(=O)c1cc(Br)c(N)c(Br)c1.CCN(Cc1ccccc1)c1ccccc1. The smallest absolute Gasteiger partial charge is 0.159 e. The molecule has 0 atom stereocenters. The van der Waals surface area contributed by atoms with E-state index < -0.39 is 0 Å². The zero-order chi connectivity index (χ0) is 20.5. The molecule has 0 aromatic heterocycles. The number of nitrogen functional groups attached to an aromatic ring is 1. The summed E-state index contributed by atoms with van der Waals surface area (Å²) >= 11 is 6.52. The fourth-order valence-electron chi connectivity index (χ4n) is 2.62. The van der Waals surface area contributed by atoms with Gasteiger partial charge in [0.25, 0.3) is 0 Å². The van der Waals surface area contributed by atoms with E-state index in [-0.39, 0.29) is 5.78 Å². The quantitative estimate of drug-likeness (QED) is 0.311. The van der Waals surface area contributed by atoms with E-state index in [2.05, 4.69) is 104 Å². The summed E-state index contributed by atoms with van der Waals surface area (Å²) in [4.78, 5) is 13.3. The normalized spacial score (nSPS) is 10.0. The van der Waals surface area contributed by atoms with Gasteiger partial charge >= 0.3 is 0 Å². The highest BCUT2D eigenvalue weighted by Gasteiger charge is 2.06. The van der Waals surface area contributed by atoms with Crippen molar-refractivity contribution in [1.82, 2.24) is 0 Å². The van der Waals surface area contributed by atoms with Gasteiger partial charge in [-0.3, -0.25) is 4.79 Å². The standard InChI is InChI=1S/C15H17N.C8H7Br2NO/c1-2-16(15-11-7-4-8-12-15)13-14-9-5-3-6-10-14;1-4(12)5-2-6(9)8(11)7(10)3-5/h3-12H,2,13H2,1H3;2-3H,11H2,1H3. The second-order valence-corrected chi connectivity index (χ2v) is 7.95. The lowest BCUT2D eigenvalue weighted by Gasteiger charge is -2.23. The van der Waals surface area contributed by atoms with Gasteiger partial charge in [0.2, 0.25) is 0 Å². The van der Waals surface area contributed by atoms with E-state index in [1.165, 1.54) is 18.2 Å². The molecule has 0 fully saturated rings. The van der Waals surface area contributed by atoms with Crippen molar-refractivity contribution >= 4 is 49.0 Å². The minimum Gasteiger partial charge on any atom is -0.397 e. The van der Waals surface area contributed by atoms with Crippen molar-refractivity contribution in [2.75, 3.05) is 17.2 Å².